The van der Waals surface area contributed by atoms with E-state index in [2.05, 4.69) is 5.32 Å². The minimum atomic E-state index is -0.497. The highest BCUT2D eigenvalue weighted by molar-refractivity contribution is 5.48. The molecule has 0 heterocycles. The summed E-state index contributed by atoms with van der Waals surface area (Å²) in [6.45, 7) is 0.247. The Morgan fingerprint density at radius 3 is 2.83 bits per heavy atom. The summed E-state index contributed by atoms with van der Waals surface area (Å²) in [7, 11) is 1.85. The van der Waals surface area contributed by atoms with Crippen LogP contribution in [0.2, 0.25) is 0 Å². The van der Waals surface area contributed by atoms with Crippen LogP contribution in [-0.2, 0) is 13.2 Å². The second-order valence-electron chi connectivity index (χ2n) is 2.70. The smallest absolute Gasteiger partial charge is 0.117 e. The highest BCUT2D eigenvalue weighted by Gasteiger charge is 1.99. The third-order valence-corrected chi connectivity index (χ3v) is 1.73. The van der Waals surface area contributed by atoms with E-state index in [9.17, 15) is 4.39 Å². The molecule has 3 N–H and O–H groups in total. The van der Waals surface area contributed by atoms with E-state index in [-0.39, 0.29) is 0 Å². The molecule has 2 nitrogen and oxygen atoms in total. The van der Waals surface area contributed by atoms with Crippen molar-refractivity contribution in [2.75, 3.05) is 12.8 Å². The Hall–Kier alpha value is -1.09. The monoisotopic (exact) mass is 168 g/mol. The molecule has 12 heavy (non-hydrogen) atoms. The maximum Gasteiger partial charge on any atom is 0.117 e. The number of nitrogens with one attached hydrogen (secondary N) is 1. The first-order valence-electron chi connectivity index (χ1n) is 3.85. The topological polar surface area (TPSA) is 38.0 Å². The summed E-state index contributed by atoms with van der Waals surface area (Å²) < 4.78 is 12.3. The normalized spacial score (nSPS) is 10.2. The molecule has 0 radical (unpaired) electrons. The average molecular weight is 168 g/mol. The molecule has 0 aliphatic rings. The van der Waals surface area contributed by atoms with Crippen LogP contribution >= 0.6 is 0 Å². The van der Waals surface area contributed by atoms with Gasteiger partial charge in [0.25, 0.3) is 0 Å². The summed E-state index contributed by atoms with van der Waals surface area (Å²) >= 11 is 0. The fourth-order valence-electron chi connectivity index (χ4n) is 1.09. The lowest BCUT2D eigenvalue weighted by molar-refractivity contribution is 0.486. The van der Waals surface area contributed by atoms with Crippen LogP contribution in [0.3, 0.4) is 0 Å². The first kappa shape index (κ1) is 9.00. The molecule has 1 aromatic rings. The molecule has 0 amide bonds. The predicted molar refractivity (Wildman–Crippen MR) is 48.4 cm³/mol. The van der Waals surface area contributed by atoms with Gasteiger partial charge in [-0.1, -0.05) is 6.07 Å². The molecule has 1 rings (SSSR count). The van der Waals surface area contributed by atoms with Crippen LogP contribution in [0.5, 0.6) is 0 Å². The van der Waals surface area contributed by atoms with Crippen molar-refractivity contribution in [2.24, 2.45) is 0 Å². The molecule has 66 valence electrons. The van der Waals surface area contributed by atoms with Gasteiger partial charge in [0.1, 0.15) is 6.67 Å². The first-order valence-corrected chi connectivity index (χ1v) is 3.85. The van der Waals surface area contributed by atoms with Gasteiger partial charge >= 0.3 is 0 Å². The van der Waals surface area contributed by atoms with Gasteiger partial charge in [-0.15, -0.1) is 0 Å². The van der Waals surface area contributed by atoms with E-state index >= 15 is 0 Å². The zero-order valence-electron chi connectivity index (χ0n) is 7.10. The van der Waals surface area contributed by atoms with Gasteiger partial charge in [0, 0.05) is 17.8 Å². The SMILES string of the molecule is CNCc1ccc(N)c(CF)c1. The molecule has 0 atom stereocenters. The van der Waals surface area contributed by atoms with Crippen LogP contribution in [0.4, 0.5) is 10.1 Å². The summed E-state index contributed by atoms with van der Waals surface area (Å²) in [5.74, 6) is 0. The van der Waals surface area contributed by atoms with E-state index in [0.29, 0.717) is 11.3 Å². The van der Waals surface area contributed by atoms with Crippen molar-refractivity contribution >= 4 is 5.69 Å². The van der Waals surface area contributed by atoms with E-state index in [1.807, 2.05) is 13.1 Å². The van der Waals surface area contributed by atoms with Gasteiger partial charge in [0.05, 0.1) is 0 Å². The third-order valence-electron chi connectivity index (χ3n) is 1.73. The number of hydrogen-bond donors (Lipinski definition) is 2. The zero-order valence-corrected chi connectivity index (χ0v) is 7.10. The Kier molecular flexibility index (Phi) is 3.05. The molecule has 0 aromatic heterocycles. The van der Waals surface area contributed by atoms with Gasteiger partial charge in [0.15, 0.2) is 0 Å². The Bertz CT molecular complexity index is 261. The molecule has 0 unspecified atom stereocenters. The largest absolute Gasteiger partial charge is 0.398 e. The van der Waals surface area contributed by atoms with Gasteiger partial charge in [-0.05, 0) is 24.7 Å². The molecule has 0 bridgehead atoms. The van der Waals surface area contributed by atoms with Crippen LogP contribution in [0.15, 0.2) is 18.2 Å². The molecular formula is C9H13FN2. The molecule has 1 aromatic carbocycles. The van der Waals surface area contributed by atoms with Gasteiger partial charge < -0.3 is 11.1 Å². The lowest BCUT2D eigenvalue weighted by Crippen LogP contribution is -2.05. The van der Waals surface area contributed by atoms with Crippen molar-refractivity contribution in [3.8, 4) is 0 Å². The number of halogens is 1. The van der Waals surface area contributed by atoms with Crippen molar-refractivity contribution in [1.82, 2.24) is 5.32 Å². The standard InChI is InChI=1S/C9H13FN2/c1-12-6-7-2-3-9(11)8(4-7)5-10/h2-4,12H,5-6,11H2,1H3. The highest BCUT2D eigenvalue weighted by atomic mass is 19.1. The third kappa shape index (κ3) is 1.95. The van der Waals surface area contributed by atoms with Gasteiger partial charge in [-0.25, -0.2) is 4.39 Å². The van der Waals surface area contributed by atoms with E-state index in [4.69, 9.17) is 5.73 Å². The Balaban J connectivity index is 2.89. The molecule has 0 fully saturated rings. The van der Waals surface area contributed by atoms with E-state index < -0.39 is 6.67 Å². The summed E-state index contributed by atoms with van der Waals surface area (Å²) in [6.07, 6.45) is 0. The van der Waals surface area contributed by atoms with Crippen LogP contribution < -0.4 is 11.1 Å². The molecule has 0 aliphatic heterocycles. The average Bonchev–Trinajstić information content (AvgIpc) is 2.09. The molecule has 3 heteroatoms. The summed E-state index contributed by atoms with van der Waals surface area (Å²) in [5.41, 5.74) is 7.69. The van der Waals surface area contributed by atoms with Crippen LogP contribution in [0.25, 0.3) is 0 Å². The van der Waals surface area contributed by atoms with Gasteiger partial charge in [-0.2, -0.15) is 0 Å². The lowest BCUT2D eigenvalue weighted by atomic mass is 10.1. The number of anilines is 1. The van der Waals surface area contributed by atoms with E-state index in [1.165, 1.54) is 0 Å². The van der Waals surface area contributed by atoms with Crippen molar-refractivity contribution in [2.45, 2.75) is 13.2 Å². The zero-order chi connectivity index (χ0) is 8.97. The van der Waals surface area contributed by atoms with Crippen molar-refractivity contribution in [1.29, 1.82) is 0 Å². The van der Waals surface area contributed by atoms with Crippen molar-refractivity contribution in [3.05, 3.63) is 29.3 Å². The Labute approximate surface area is 71.6 Å². The highest BCUT2D eigenvalue weighted by Crippen LogP contribution is 2.14. The minimum Gasteiger partial charge on any atom is -0.398 e. The maximum absolute atomic E-state index is 12.3. The molecule has 0 aliphatic carbocycles. The second-order valence-corrected chi connectivity index (χ2v) is 2.70. The number of nitrogens with two attached hydrogens (primary N) is 1. The fraction of sp³-hybridized carbons (Fsp3) is 0.333. The summed E-state index contributed by atoms with van der Waals surface area (Å²) in [4.78, 5) is 0. The number of nitrogen functional groups attached to an aromatic ring is 1. The van der Waals surface area contributed by atoms with Crippen LogP contribution in [0, 0.1) is 0 Å². The maximum atomic E-state index is 12.3. The lowest BCUT2D eigenvalue weighted by Gasteiger charge is -2.04. The second kappa shape index (κ2) is 4.07. The Morgan fingerprint density at radius 2 is 2.25 bits per heavy atom. The molecule has 0 saturated heterocycles. The molecule has 0 saturated carbocycles. The van der Waals surface area contributed by atoms with Crippen molar-refractivity contribution in [3.63, 3.8) is 0 Å². The molecule has 0 spiro atoms. The summed E-state index contributed by atoms with van der Waals surface area (Å²) in [5, 5.41) is 2.99. The van der Waals surface area contributed by atoms with Crippen LogP contribution in [-0.4, -0.2) is 7.05 Å². The number of benzene rings is 1. The van der Waals surface area contributed by atoms with Gasteiger partial charge in [0.2, 0.25) is 0 Å². The van der Waals surface area contributed by atoms with Crippen LogP contribution in [0.1, 0.15) is 11.1 Å². The number of rotatable bonds is 3. The predicted octanol–water partition coefficient (Wildman–Crippen LogP) is 1.46. The minimum absolute atomic E-state index is 0.497. The van der Waals surface area contributed by atoms with Gasteiger partial charge in [-0.3, -0.25) is 0 Å². The molecular weight excluding hydrogens is 155 g/mol. The number of alkyl halides is 1. The Morgan fingerprint density at radius 1 is 1.50 bits per heavy atom. The van der Waals surface area contributed by atoms with E-state index in [0.717, 1.165) is 12.1 Å². The number of hydrogen-bond acceptors (Lipinski definition) is 2. The van der Waals surface area contributed by atoms with Crippen molar-refractivity contribution < 1.29 is 4.39 Å². The summed E-state index contributed by atoms with van der Waals surface area (Å²) in [6, 6.07) is 5.42. The first-order chi connectivity index (χ1) is 5.77. The quantitative estimate of drug-likeness (QED) is 0.670. The van der Waals surface area contributed by atoms with E-state index in [1.54, 1.807) is 12.1 Å². The fourth-order valence-corrected chi connectivity index (χ4v) is 1.09.